The van der Waals surface area contributed by atoms with E-state index in [4.69, 9.17) is 9.47 Å². The van der Waals surface area contributed by atoms with Crippen LogP contribution >= 0.6 is 0 Å². The lowest BCUT2D eigenvalue weighted by atomic mass is 9.86. The van der Waals surface area contributed by atoms with Gasteiger partial charge in [-0.05, 0) is 42.5 Å². The molecule has 0 spiro atoms. The van der Waals surface area contributed by atoms with Gasteiger partial charge in [0.2, 0.25) is 5.75 Å². The summed E-state index contributed by atoms with van der Waals surface area (Å²) in [5.74, 6) is -0.801. The number of hydrogen-bond donors (Lipinski definition) is 2. The van der Waals surface area contributed by atoms with Crippen molar-refractivity contribution in [3.63, 3.8) is 0 Å². The maximum absolute atomic E-state index is 12.8. The number of aromatic hydroxyl groups is 2. The number of methoxy groups -OCH3 is 1. The highest BCUT2D eigenvalue weighted by Crippen LogP contribution is 2.36. The van der Waals surface area contributed by atoms with Crippen LogP contribution in [0.5, 0.6) is 17.2 Å². The van der Waals surface area contributed by atoms with Gasteiger partial charge in [-0.25, -0.2) is 0 Å². The fourth-order valence-electron chi connectivity index (χ4n) is 3.79. The maximum atomic E-state index is 12.8. The summed E-state index contributed by atoms with van der Waals surface area (Å²) in [6.07, 6.45) is 7.83. The number of phenolic OH excluding ortho intramolecular Hbond substituents is 2. The highest BCUT2D eigenvalue weighted by molar-refractivity contribution is 5.81. The van der Waals surface area contributed by atoms with Crippen LogP contribution in [-0.4, -0.2) is 47.9 Å². The zero-order chi connectivity index (χ0) is 22.8. The molecule has 1 aromatic carbocycles. The van der Waals surface area contributed by atoms with E-state index in [-0.39, 0.29) is 47.8 Å². The molecule has 0 aliphatic carbocycles. The highest BCUT2D eigenvalue weighted by atomic mass is 16.5. The minimum Gasteiger partial charge on any atom is -0.504 e. The first-order valence-electron chi connectivity index (χ1n) is 10.8. The second kappa shape index (κ2) is 12.1. The lowest BCUT2D eigenvalue weighted by molar-refractivity contribution is -0.150. The number of rotatable bonds is 13. The number of phenols is 2. The van der Waals surface area contributed by atoms with Gasteiger partial charge in [-0.2, -0.15) is 0 Å². The molecule has 0 radical (unpaired) electrons. The van der Waals surface area contributed by atoms with Crippen molar-refractivity contribution in [2.24, 2.45) is 10.9 Å². The number of carbonyl (C=O) groups excluding carboxylic acids is 2. The smallest absolute Gasteiger partial charge is 0.302 e. The number of ether oxygens (including phenoxy) is 2. The van der Waals surface area contributed by atoms with Crippen LogP contribution in [0, 0.1) is 5.92 Å². The zero-order valence-corrected chi connectivity index (χ0v) is 18.6. The number of benzene rings is 1. The maximum Gasteiger partial charge on any atom is 0.302 e. The molecule has 2 rings (SSSR count). The van der Waals surface area contributed by atoms with Crippen LogP contribution in [0.1, 0.15) is 57.9 Å². The lowest BCUT2D eigenvalue weighted by Gasteiger charge is -2.26. The van der Waals surface area contributed by atoms with Crippen LogP contribution < -0.4 is 4.74 Å². The van der Waals surface area contributed by atoms with Crippen molar-refractivity contribution < 1.29 is 29.3 Å². The first kappa shape index (κ1) is 24.4. The number of esters is 1. The normalized spacial score (nSPS) is 14.7. The summed E-state index contributed by atoms with van der Waals surface area (Å²) in [5.41, 5.74) is 1.80. The predicted molar refractivity (Wildman–Crippen MR) is 119 cm³/mol. The Bertz CT molecular complexity index is 830. The van der Waals surface area contributed by atoms with Crippen LogP contribution in [-0.2, 0) is 20.7 Å². The minimum atomic E-state index is -0.478. The minimum absolute atomic E-state index is 0.0200. The molecule has 0 saturated heterocycles. The molecule has 7 heteroatoms. The van der Waals surface area contributed by atoms with Crippen molar-refractivity contribution in [3.8, 4) is 17.2 Å². The molecule has 2 atom stereocenters. The van der Waals surface area contributed by atoms with Crippen molar-refractivity contribution in [2.75, 3.05) is 13.7 Å². The number of Topliss-reactive ketones (excluding diaryl/α,β-unsaturated/α-hetero) is 1. The first-order valence-corrected chi connectivity index (χ1v) is 10.8. The van der Waals surface area contributed by atoms with Gasteiger partial charge in [0.05, 0.1) is 13.7 Å². The Hall–Kier alpha value is -2.83. The number of ketones is 1. The van der Waals surface area contributed by atoms with Gasteiger partial charge in [0.25, 0.3) is 0 Å². The largest absolute Gasteiger partial charge is 0.504 e. The van der Waals surface area contributed by atoms with Crippen LogP contribution in [0.2, 0.25) is 0 Å². The Morgan fingerprint density at radius 3 is 2.65 bits per heavy atom. The number of unbranched alkanes of at least 4 members (excludes halogenated alkanes) is 1. The van der Waals surface area contributed by atoms with E-state index in [0.29, 0.717) is 18.5 Å². The summed E-state index contributed by atoms with van der Waals surface area (Å²) in [6, 6.07) is 3.02. The van der Waals surface area contributed by atoms with E-state index in [1.165, 1.54) is 20.1 Å². The molecule has 1 aromatic rings. The van der Waals surface area contributed by atoms with Gasteiger partial charge >= 0.3 is 5.97 Å². The third kappa shape index (κ3) is 7.74. The van der Waals surface area contributed by atoms with E-state index >= 15 is 0 Å². The van der Waals surface area contributed by atoms with E-state index in [1.807, 2.05) is 6.21 Å². The second-order valence-electron chi connectivity index (χ2n) is 7.94. The summed E-state index contributed by atoms with van der Waals surface area (Å²) >= 11 is 0. The third-order valence-electron chi connectivity index (χ3n) is 5.44. The topological polar surface area (TPSA) is 105 Å². The molecule has 1 heterocycles. The SMILES string of the molecule is CCCCC(CC1=CCN=C1)C(CC(=O)CCc1cc(O)c(O)c(OC)c1)OC(C)=O. The molecule has 1 aliphatic rings. The summed E-state index contributed by atoms with van der Waals surface area (Å²) in [6.45, 7) is 4.16. The Labute approximate surface area is 183 Å². The number of aliphatic imine (C=N–C) groups is 1. The van der Waals surface area contributed by atoms with E-state index in [9.17, 15) is 19.8 Å². The molecule has 1 aliphatic heterocycles. The Morgan fingerprint density at radius 1 is 1.26 bits per heavy atom. The third-order valence-corrected chi connectivity index (χ3v) is 5.44. The van der Waals surface area contributed by atoms with Gasteiger partial charge < -0.3 is 19.7 Å². The summed E-state index contributed by atoms with van der Waals surface area (Å²) in [4.78, 5) is 28.7. The van der Waals surface area contributed by atoms with Crippen molar-refractivity contribution in [2.45, 2.75) is 64.9 Å². The lowest BCUT2D eigenvalue weighted by Crippen LogP contribution is -2.29. The molecule has 0 aromatic heterocycles. The van der Waals surface area contributed by atoms with Crippen LogP contribution in [0.25, 0.3) is 0 Å². The van der Waals surface area contributed by atoms with Crippen molar-refractivity contribution >= 4 is 18.0 Å². The average molecular weight is 432 g/mol. The van der Waals surface area contributed by atoms with Crippen LogP contribution in [0.3, 0.4) is 0 Å². The first-order chi connectivity index (χ1) is 14.8. The number of aryl methyl sites for hydroxylation is 1. The van der Waals surface area contributed by atoms with Crippen molar-refractivity contribution in [1.82, 2.24) is 0 Å². The monoisotopic (exact) mass is 431 g/mol. The Morgan fingerprint density at radius 2 is 2.03 bits per heavy atom. The van der Waals surface area contributed by atoms with Crippen LogP contribution in [0.15, 0.2) is 28.8 Å². The van der Waals surface area contributed by atoms with Gasteiger partial charge in [-0.15, -0.1) is 0 Å². The molecule has 31 heavy (non-hydrogen) atoms. The molecule has 0 amide bonds. The van der Waals surface area contributed by atoms with Gasteiger partial charge in [0.1, 0.15) is 11.9 Å². The molecule has 0 fully saturated rings. The number of nitrogens with zero attached hydrogens (tertiary/aromatic N) is 1. The van der Waals surface area contributed by atoms with Gasteiger partial charge in [0, 0.05) is 31.9 Å². The molecule has 170 valence electrons. The number of hydrogen-bond acceptors (Lipinski definition) is 7. The Balaban J connectivity index is 2.05. The molecule has 2 unspecified atom stereocenters. The van der Waals surface area contributed by atoms with E-state index < -0.39 is 6.10 Å². The average Bonchev–Trinajstić information content (AvgIpc) is 3.24. The highest BCUT2D eigenvalue weighted by Gasteiger charge is 2.27. The van der Waals surface area contributed by atoms with Crippen molar-refractivity contribution in [1.29, 1.82) is 0 Å². The Kier molecular flexibility index (Phi) is 9.56. The molecule has 0 bridgehead atoms. The predicted octanol–water partition coefficient (Wildman–Crippen LogP) is 4.14. The van der Waals surface area contributed by atoms with Crippen LogP contribution in [0.4, 0.5) is 0 Å². The molecular weight excluding hydrogens is 398 g/mol. The van der Waals surface area contributed by atoms with Gasteiger partial charge in [0.15, 0.2) is 11.5 Å². The van der Waals surface area contributed by atoms with E-state index in [1.54, 1.807) is 6.07 Å². The van der Waals surface area contributed by atoms with Crippen molar-refractivity contribution in [3.05, 3.63) is 29.3 Å². The molecule has 2 N–H and O–H groups in total. The molecule has 7 nitrogen and oxygen atoms in total. The molecular formula is C24H33NO6. The second-order valence-corrected chi connectivity index (χ2v) is 7.94. The standard InChI is InChI=1S/C24H33NO6/c1-4-5-6-19(11-18-9-10-25-15-18)22(31-16(2)26)14-20(27)8-7-17-12-21(28)24(29)23(13-17)30-3/h9,12-13,15,19,22,28-29H,4-8,10-11,14H2,1-3H3. The van der Waals surface area contributed by atoms with Gasteiger partial charge in [-0.1, -0.05) is 25.8 Å². The fourth-order valence-corrected chi connectivity index (χ4v) is 3.79. The quantitative estimate of drug-likeness (QED) is 0.359. The number of carbonyl (C=O) groups is 2. The molecule has 0 saturated carbocycles. The number of allylic oxidation sites excluding steroid dienone is 1. The summed E-state index contributed by atoms with van der Waals surface area (Å²) in [5, 5.41) is 19.6. The fraction of sp³-hybridized carbons (Fsp3) is 0.542. The summed E-state index contributed by atoms with van der Waals surface area (Å²) in [7, 11) is 1.40. The van der Waals surface area contributed by atoms with E-state index in [0.717, 1.165) is 31.3 Å². The van der Waals surface area contributed by atoms with E-state index in [2.05, 4.69) is 18.0 Å². The summed E-state index contributed by atoms with van der Waals surface area (Å²) < 4.78 is 10.6. The van der Waals surface area contributed by atoms with Gasteiger partial charge in [-0.3, -0.25) is 14.6 Å². The zero-order valence-electron chi connectivity index (χ0n) is 18.6.